The van der Waals surface area contributed by atoms with Gasteiger partial charge in [0.15, 0.2) is 0 Å². The quantitative estimate of drug-likeness (QED) is 0.765. The van der Waals surface area contributed by atoms with Crippen molar-refractivity contribution in [1.29, 1.82) is 0 Å². The predicted molar refractivity (Wildman–Crippen MR) is 72.4 cm³/mol. The first-order valence-corrected chi connectivity index (χ1v) is 6.02. The molecule has 4 nitrogen and oxygen atoms in total. The molecule has 0 radical (unpaired) electrons. The van der Waals surface area contributed by atoms with Crippen LogP contribution in [0.2, 0.25) is 0 Å². The van der Waals surface area contributed by atoms with E-state index in [1.165, 1.54) is 13.8 Å². The molecule has 0 atom stereocenters. The zero-order chi connectivity index (χ0) is 14.3. The van der Waals surface area contributed by atoms with Crippen LogP contribution in [0.5, 0.6) is 0 Å². The molecule has 19 heavy (non-hydrogen) atoms. The number of rotatable bonds is 5. The van der Waals surface area contributed by atoms with Crippen LogP contribution >= 0.6 is 0 Å². The third-order valence-corrected chi connectivity index (χ3v) is 2.47. The van der Waals surface area contributed by atoms with Gasteiger partial charge < -0.3 is 9.47 Å². The Bertz CT molecular complexity index is 471. The van der Waals surface area contributed by atoms with Crippen LogP contribution < -0.4 is 0 Å². The van der Waals surface area contributed by atoms with Crippen LogP contribution in [0.3, 0.4) is 0 Å². The van der Waals surface area contributed by atoms with E-state index >= 15 is 0 Å². The number of hydrogen-bond acceptors (Lipinski definition) is 4. The number of carbonyl (C=O) groups is 2. The van der Waals surface area contributed by atoms with Gasteiger partial charge in [-0.2, -0.15) is 0 Å². The third kappa shape index (κ3) is 5.86. The molecule has 0 unspecified atom stereocenters. The molecule has 0 amide bonds. The summed E-state index contributed by atoms with van der Waals surface area (Å²) in [5.74, 6) is -0.683. The van der Waals surface area contributed by atoms with Gasteiger partial charge in [-0.1, -0.05) is 29.8 Å². The van der Waals surface area contributed by atoms with Gasteiger partial charge in [0.1, 0.15) is 13.2 Å². The highest BCUT2D eigenvalue weighted by Crippen LogP contribution is 2.16. The van der Waals surface area contributed by atoms with E-state index in [0.29, 0.717) is 0 Å². The second kappa shape index (κ2) is 7.36. The summed E-state index contributed by atoms with van der Waals surface area (Å²) < 4.78 is 9.87. The van der Waals surface area contributed by atoms with Crippen LogP contribution in [0.1, 0.15) is 25.0 Å². The smallest absolute Gasteiger partial charge is 0.302 e. The van der Waals surface area contributed by atoms with Gasteiger partial charge in [0.2, 0.25) is 0 Å². The van der Waals surface area contributed by atoms with E-state index < -0.39 is 0 Å². The molecule has 4 heteroatoms. The van der Waals surface area contributed by atoms with Crippen molar-refractivity contribution >= 4 is 17.5 Å². The average Bonchev–Trinajstić information content (AvgIpc) is 2.34. The fourth-order valence-electron chi connectivity index (χ4n) is 1.47. The molecule has 0 aliphatic carbocycles. The minimum absolute atomic E-state index is 0.166. The summed E-state index contributed by atoms with van der Waals surface area (Å²) >= 11 is 0. The van der Waals surface area contributed by atoms with Crippen molar-refractivity contribution in [2.24, 2.45) is 0 Å². The molecular weight excluding hydrogens is 244 g/mol. The van der Waals surface area contributed by atoms with Gasteiger partial charge in [0.05, 0.1) is 0 Å². The lowest BCUT2D eigenvalue weighted by Gasteiger charge is -2.09. The Morgan fingerprint density at radius 2 is 1.63 bits per heavy atom. The van der Waals surface area contributed by atoms with Crippen LogP contribution in [0, 0.1) is 6.92 Å². The van der Waals surface area contributed by atoms with Crippen LogP contribution in [-0.4, -0.2) is 25.2 Å². The van der Waals surface area contributed by atoms with Gasteiger partial charge in [-0.3, -0.25) is 9.59 Å². The Labute approximate surface area is 113 Å². The lowest BCUT2D eigenvalue weighted by Crippen LogP contribution is -2.05. The van der Waals surface area contributed by atoms with Crippen molar-refractivity contribution in [3.05, 3.63) is 41.5 Å². The summed E-state index contributed by atoms with van der Waals surface area (Å²) in [6.07, 6.45) is 1.75. The molecule has 0 saturated heterocycles. The Hall–Kier alpha value is -2.10. The minimum atomic E-state index is -0.342. The molecule has 0 fully saturated rings. The molecule has 1 aromatic carbocycles. The molecular formula is C15H18O4. The zero-order valence-corrected chi connectivity index (χ0v) is 11.4. The van der Waals surface area contributed by atoms with Crippen LogP contribution in [0.4, 0.5) is 0 Å². The minimum Gasteiger partial charge on any atom is -0.462 e. The topological polar surface area (TPSA) is 52.6 Å². The van der Waals surface area contributed by atoms with Gasteiger partial charge in [-0.15, -0.1) is 0 Å². The fraction of sp³-hybridized carbons (Fsp3) is 0.333. The van der Waals surface area contributed by atoms with Crippen molar-refractivity contribution < 1.29 is 19.1 Å². The van der Waals surface area contributed by atoms with Crippen LogP contribution in [0.25, 0.3) is 5.57 Å². The number of hydrogen-bond donors (Lipinski definition) is 0. The van der Waals surface area contributed by atoms with E-state index in [-0.39, 0.29) is 25.2 Å². The normalized spacial score (nSPS) is 11.0. The van der Waals surface area contributed by atoms with E-state index in [2.05, 4.69) is 0 Å². The SMILES string of the molecule is CC(=O)OC/C=C(/COC(C)=O)c1ccc(C)cc1. The Balaban J connectivity index is 2.81. The highest BCUT2D eigenvalue weighted by Gasteiger charge is 2.04. The van der Waals surface area contributed by atoms with E-state index in [0.717, 1.165) is 16.7 Å². The van der Waals surface area contributed by atoms with Gasteiger partial charge in [-0.25, -0.2) is 0 Å². The lowest BCUT2D eigenvalue weighted by atomic mass is 10.0. The standard InChI is InChI=1S/C15H18O4/c1-11-4-6-14(7-5-11)15(10-19-13(3)17)8-9-18-12(2)16/h4-8H,9-10H2,1-3H3/b15-8-. The Kier molecular flexibility index (Phi) is 5.79. The van der Waals surface area contributed by atoms with Gasteiger partial charge in [0.25, 0.3) is 0 Å². The molecule has 1 rings (SSSR count). The van der Waals surface area contributed by atoms with Crippen molar-refractivity contribution in [2.45, 2.75) is 20.8 Å². The second-order valence-corrected chi connectivity index (χ2v) is 4.18. The second-order valence-electron chi connectivity index (χ2n) is 4.18. The summed E-state index contributed by atoms with van der Waals surface area (Å²) in [6.45, 7) is 5.04. The van der Waals surface area contributed by atoms with Crippen molar-refractivity contribution in [3.63, 3.8) is 0 Å². The fourth-order valence-corrected chi connectivity index (χ4v) is 1.47. The van der Waals surface area contributed by atoms with E-state index in [1.54, 1.807) is 6.08 Å². The van der Waals surface area contributed by atoms with Crippen molar-refractivity contribution in [3.8, 4) is 0 Å². The van der Waals surface area contributed by atoms with Gasteiger partial charge >= 0.3 is 11.9 Å². The molecule has 0 spiro atoms. The Morgan fingerprint density at radius 1 is 1.05 bits per heavy atom. The van der Waals surface area contributed by atoms with Crippen LogP contribution in [-0.2, 0) is 19.1 Å². The van der Waals surface area contributed by atoms with E-state index in [9.17, 15) is 9.59 Å². The van der Waals surface area contributed by atoms with Gasteiger partial charge in [-0.05, 0) is 24.1 Å². The monoisotopic (exact) mass is 262 g/mol. The Morgan fingerprint density at radius 3 is 2.16 bits per heavy atom. The van der Waals surface area contributed by atoms with Crippen LogP contribution in [0.15, 0.2) is 30.3 Å². The number of ether oxygens (including phenoxy) is 2. The molecule has 0 saturated carbocycles. The number of carbonyl (C=O) groups excluding carboxylic acids is 2. The first-order chi connectivity index (χ1) is 8.99. The highest BCUT2D eigenvalue weighted by molar-refractivity contribution is 5.72. The highest BCUT2D eigenvalue weighted by atomic mass is 16.5. The maximum atomic E-state index is 10.9. The van der Waals surface area contributed by atoms with Crippen molar-refractivity contribution in [1.82, 2.24) is 0 Å². The zero-order valence-electron chi connectivity index (χ0n) is 11.4. The first-order valence-electron chi connectivity index (χ1n) is 6.02. The predicted octanol–water partition coefficient (Wildman–Crippen LogP) is 2.50. The molecule has 102 valence electrons. The third-order valence-electron chi connectivity index (χ3n) is 2.47. The number of esters is 2. The maximum absolute atomic E-state index is 10.9. The number of benzene rings is 1. The van der Waals surface area contributed by atoms with Gasteiger partial charge in [0, 0.05) is 13.8 Å². The number of aryl methyl sites for hydroxylation is 1. The molecule has 1 aromatic rings. The molecule has 0 aromatic heterocycles. The molecule has 0 heterocycles. The molecule has 0 bridgehead atoms. The average molecular weight is 262 g/mol. The lowest BCUT2D eigenvalue weighted by molar-refractivity contribution is -0.140. The summed E-state index contributed by atoms with van der Waals surface area (Å²) in [7, 11) is 0. The first kappa shape index (κ1) is 15.0. The molecule has 0 N–H and O–H groups in total. The molecule has 0 aliphatic heterocycles. The summed E-state index contributed by atoms with van der Waals surface area (Å²) in [4.78, 5) is 21.6. The largest absolute Gasteiger partial charge is 0.462 e. The maximum Gasteiger partial charge on any atom is 0.302 e. The molecule has 0 aliphatic rings. The summed E-state index contributed by atoms with van der Waals surface area (Å²) in [5.41, 5.74) is 2.91. The summed E-state index contributed by atoms with van der Waals surface area (Å²) in [6, 6.07) is 7.84. The van der Waals surface area contributed by atoms with E-state index in [4.69, 9.17) is 9.47 Å². The summed E-state index contributed by atoms with van der Waals surface area (Å²) in [5, 5.41) is 0. The van der Waals surface area contributed by atoms with E-state index in [1.807, 2.05) is 31.2 Å². The van der Waals surface area contributed by atoms with Crippen molar-refractivity contribution in [2.75, 3.05) is 13.2 Å².